The number of phenols is 1. The summed E-state index contributed by atoms with van der Waals surface area (Å²) in [4.78, 5) is 13.1. The Labute approximate surface area is 196 Å². The number of benzene rings is 4. The van der Waals surface area contributed by atoms with E-state index in [1.54, 1.807) is 42.5 Å². The van der Waals surface area contributed by atoms with E-state index in [-0.39, 0.29) is 17.0 Å². The lowest BCUT2D eigenvalue weighted by Gasteiger charge is -2.13. The van der Waals surface area contributed by atoms with Gasteiger partial charge in [-0.1, -0.05) is 48.0 Å². The monoisotopic (exact) mass is 459 g/mol. The van der Waals surface area contributed by atoms with Crippen LogP contribution in [0.3, 0.4) is 0 Å². The second-order valence-electron chi connectivity index (χ2n) is 7.36. The molecule has 0 bridgehead atoms. The number of fused-ring (bicyclic) bond motifs is 1. The number of amides is 1. The van der Waals surface area contributed by atoms with Crippen LogP contribution in [0.4, 0.5) is 17.1 Å². The molecule has 0 aromatic heterocycles. The van der Waals surface area contributed by atoms with E-state index < -0.39 is 5.91 Å². The van der Waals surface area contributed by atoms with Gasteiger partial charge in [0.05, 0.1) is 23.5 Å². The van der Waals surface area contributed by atoms with E-state index in [0.29, 0.717) is 34.1 Å². The molecule has 0 aliphatic carbocycles. The van der Waals surface area contributed by atoms with Crippen molar-refractivity contribution in [2.75, 3.05) is 11.9 Å². The molecule has 0 atom stereocenters. The largest absolute Gasteiger partial charge is 0.505 e. The molecule has 0 aliphatic heterocycles. The number of nitrogens with one attached hydrogen (secondary N) is 1. The van der Waals surface area contributed by atoms with Gasteiger partial charge in [-0.25, -0.2) is 0 Å². The third-order valence-electron chi connectivity index (χ3n) is 5.09. The van der Waals surface area contributed by atoms with Gasteiger partial charge >= 0.3 is 0 Å². The Morgan fingerprint density at radius 3 is 2.58 bits per heavy atom. The maximum Gasteiger partial charge on any atom is 0.259 e. The molecule has 0 aliphatic rings. The van der Waals surface area contributed by atoms with Crippen molar-refractivity contribution >= 4 is 45.3 Å². The van der Waals surface area contributed by atoms with Gasteiger partial charge < -0.3 is 15.2 Å². The van der Waals surface area contributed by atoms with Crippen molar-refractivity contribution in [2.24, 2.45) is 10.2 Å². The summed E-state index contributed by atoms with van der Waals surface area (Å²) in [6, 6.07) is 21.4. The average molecular weight is 460 g/mol. The number of carbonyl (C=O) groups excluding carboxylic acids is 1. The predicted octanol–water partition coefficient (Wildman–Crippen LogP) is 7.57. The van der Waals surface area contributed by atoms with Gasteiger partial charge in [-0.2, -0.15) is 5.11 Å². The molecule has 0 saturated heterocycles. The Morgan fingerprint density at radius 1 is 1.03 bits per heavy atom. The molecule has 0 heterocycles. The van der Waals surface area contributed by atoms with Crippen molar-refractivity contribution < 1.29 is 14.6 Å². The smallest absolute Gasteiger partial charge is 0.259 e. The average Bonchev–Trinajstić information content (AvgIpc) is 2.80. The molecule has 0 saturated carbocycles. The molecule has 7 heteroatoms. The zero-order chi connectivity index (χ0) is 23.4. The van der Waals surface area contributed by atoms with Crippen LogP contribution < -0.4 is 10.1 Å². The number of hydrogen-bond acceptors (Lipinski definition) is 5. The molecule has 0 radical (unpaired) electrons. The predicted molar refractivity (Wildman–Crippen MR) is 132 cm³/mol. The molecule has 33 heavy (non-hydrogen) atoms. The lowest BCUT2D eigenvalue weighted by molar-refractivity contribution is 0.102. The van der Waals surface area contributed by atoms with Gasteiger partial charge in [-0.05, 0) is 61.2 Å². The van der Waals surface area contributed by atoms with Crippen LogP contribution in [0, 0.1) is 6.92 Å². The maximum atomic E-state index is 13.1. The van der Waals surface area contributed by atoms with Gasteiger partial charge in [-0.15, -0.1) is 5.11 Å². The number of hydrogen-bond donors (Lipinski definition) is 2. The number of para-hydroxylation sites is 2. The Morgan fingerprint density at radius 2 is 1.79 bits per heavy atom. The fourth-order valence-electron chi connectivity index (χ4n) is 3.47. The highest BCUT2D eigenvalue weighted by molar-refractivity contribution is 6.30. The summed E-state index contributed by atoms with van der Waals surface area (Å²) in [7, 11) is 0. The van der Waals surface area contributed by atoms with Crippen molar-refractivity contribution in [1.29, 1.82) is 0 Å². The highest BCUT2D eigenvalue weighted by atomic mass is 35.5. The van der Waals surface area contributed by atoms with E-state index >= 15 is 0 Å². The SMILES string of the molecule is CCOc1ccccc1NC(=O)c1cc2ccccc2c(N=Nc2ccc(Cl)cc2C)c1O. The Kier molecular flexibility index (Phi) is 6.56. The van der Waals surface area contributed by atoms with Crippen LogP contribution in [0.5, 0.6) is 11.5 Å². The first-order valence-electron chi connectivity index (χ1n) is 10.4. The standard InChI is InChI=1S/C26H22ClN3O3/c1-3-33-23-11-7-6-10-22(23)28-26(32)20-15-17-8-4-5-9-19(17)24(25(20)31)30-29-21-13-12-18(27)14-16(21)2/h4-15,31H,3H2,1-2H3,(H,28,32). The second-order valence-corrected chi connectivity index (χ2v) is 7.79. The van der Waals surface area contributed by atoms with Crippen LogP contribution >= 0.6 is 11.6 Å². The third-order valence-corrected chi connectivity index (χ3v) is 5.33. The number of halogens is 1. The first-order chi connectivity index (χ1) is 16.0. The summed E-state index contributed by atoms with van der Waals surface area (Å²) >= 11 is 6.02. The fourth-order valence-corrected chi connectivity index (χ4v) is 3.69. The number of azo groups is 1. The molecule has 0 unspecified atom stereocenters. The van der Waals surface area contributed by atoms with E-state index in [2.05, 4.69) is 15.5 Å². The molecule has 2 N–H and O–H groups in total. The van der Waals surface area contributed by atoms with Crippen LogP contribution in [-0.2, 0) is 0 Å². The van der Waals surface area contributed by atoms with Crippen LogP contribution in [0.2, 0.25) is 5.02 Å². The Bertz CT molecular complexity index is 1370. The Balaban J connectivity index is 1.77. The van der Waals surface area contributed by atoms with Crippen molar-refractivity contribution in [1.82, 2.24) is 0 Å². The topological polar surface area (TPSA) is 83.3 Å². The number of aromatic hydroxyl groups is 1. The number of carbonyl (C=O) groups is 1. The first kappa shape index (κ1) is 22.3. The molecule has 4 rings (SSSR count). The van der Waals surface area contributed by atoms with Crippen molar-refractivity contribution in [3.8, 4) is 11.5 Å². The number of ether oxygens (including phenoxy) is 1. The molecule has 0 fully saturated rings. The van der Waals surface area contributed by atoms with E-state index in [4.69, 9.17) is 16.3 Å². The number of aryl methyl sites for hydroxylation is 1. The quantitative estimate of drug-likeness (QED) is 0.291. The zero-order valence-corrected chi connectivity index (χ0v) is 18.9. The number of rotatable bonds is 6. The summed E-state index contributed by atoms with van der Waals surface area (Å²) in [6.07, 6.45) is 0. The van der Waals surface area contributed by atoms with Gasteiger partial charge in [0.15, 0.2) is 5.75 Å². The third kappa shape index (κ3) is 4.81. The van der Waals surface area contributed by atoms with Crippen LogP contribution in [-0.4, -0.2) is 17.6 Å². The molecule has 0 spiro atoms. The van der Waals surface area contributed by atoms with Gasteiger partial charge in [0, 0.05) is 10.4 Å². The van der Waals surface area contributed by atoms with E-state index in [9.17, 15) is 9.90 Å². The maximum absolute atomic E-state index is 13.1. The van der Waals surface area contributed by atoms with E-state index in [0.717, 1.165) is 10.9 Å². The number of anilines is 1. The number of phenolic OH excluding ortho intramolecular Hbond substituents is 1. The van der Waals surface area contributed by atoms with Gasteiger partial charge in [0.25, 0.3) is 5.91 Å². The summed E-state index contributed by atoms with van der Waals surface area (Å²) in [6.45, 7) is 4.20. The summed E-state index contributed by atoms with van der Waals surface area (Å²) in [5, 5.41) is 24.5. The molecule has 6 nitrogen and oxygen atoms in total. The summed E-state index contributed by atoms with van der Waals surface area (Å²) in [5.74, 6) is -0.188. The molecule has 166 valence electrons. The molecule has 1 amide bonds. The van der Waals surface area contributed by atoms with E-state index in [1.165, 1.54) is 0 Å². The van der Waals surface area contributed by atoms with Gasteiger partial charge in [0.2, 0.25) is 0 Å². The summed E-state index contributed by atoms with van der Waals surface area (Å²) < 4.78 is 5.58. The second kappa shape index (κ2) is 9.71. The molecule has 4 aromatic carbocycles. The minimum absolute atomic E-state index is 0.0850. The van der Waals surface area contributed by atoms with Crippen LogP contribution in [0.15, 0.2) is 83.0 Å². The fraction of sp³-hybridized carbons (Fsp3) is 0.115. The van der Waals surface area contributed by atoms with Crippen LogP contribution in [0.1, 0.15) is 22.8 Å². The first-order valence-corrected chi connectivity index (χ1v) is 10.8. The van der Waals surface area contributed by atoms with Gasteiger partial charge in [0.1, 0.15) is 11.4 Å². The van der Waals surface area contributed by atoms with Crippen molar-refractivity contribution in [2.45, 2.75) is 13.8 Å². The molecule has 4 aromatic rings. The molecular weight excluding hydrogens is 438 g/mol. The zero-order valence-electron chi connectivity index (χ0n) is 18.2. The van der Waals surface area contributed by atoms with Crippen LogP contribution in [0.25, 0.3) is 10.8 Å². The Hall–Kier alpha value is -3.90. The van der Waals surface area contributed by atoms with E-state index in [1.807, 2.05) is 44.2 Å². The summed E-state index contributed by atoms with van der Waals surface area (Å²) in [5.41, 5.74) is 2.27. The van der Waals surface area contributed by atoms with Crippen molar-refractivity contribution in [3.63, 3.8) is 0 Å². The highest BCUT2D eigenvalue weighted by Gasteiger charge is 2.19. The molecular formula is C26H22ClN3O3. The normalized spacial score (nSPS) is 11.1. The minimum Gasteiger partial charge on any atom is -0.505 e. The lowest BCUT2D eigenvalue weighted by Crippen LogP contribution is -2.13. The number of nitrogens with zero attached hydrogens (tertiary/aromatic N) is 2. The highest BCUT2D eigenvalue weighted by Crippen LogP contribution is 2.40. The minimum atomic E-state index is -0.482. The van der Waals surface area contributed by atoms with Gasteiger partial charge in [-0.3, -0.25) is 4.79 Å². The lowest BCUT2D eigenvalue weighted by atomic mass is 10.0. The van der Waals surface area contributed by atoms with Crippen molar-refractivity contribution in [3.05, 3.63) is 88.9 Å².